The lowest BCUT2D eigenvalue weighted by Crippen LogP contribution is -2.45. The Morgan fingerprint density at radius 2 is 1.85 bits per heavy atom. The quantitative estimate of drug-likeness (QED) is 0.200. The van der Waals surface area contributed by atoms with E-state index >= 15 is 0 Å². The fraction of sp³-hybridized carbons (Fsp3) is 0.486. The number of amides is 3. The molecule has 5 aromatic rings. The van der Waals surface area contributed by atoms with Crippen molar-refractivity contribution in [1.82, 2.24) is 38.9 Å². The van der Waals surface area contributed by atoms with Crippen molar-refractivity contribution in [1.29, 1.82) is 0 Å². The van der Waals surface area contributed by atoms with Gasteiger partial charge in [-0.05, 0) is 76.1 Å². The Bertz CT molecular complexity index is 2280. The first-order valence-corrected chi connectivity index (χ1v) is 19.3. The molecule has 14 nitrogen and oxygen atoms in total. The molecule has 1 aliphatic carbocycles. The number of fused-ring (bicyclic) bond motifs is 2. The number of rotatable bonds is 9. The third kappa shape index (κ3) is 6.67. The molecule has 1 atom stereocenters. The largest absolute Gasteiger partial charge is 0.370 e. The number of benzene rings is 1. The highest BCUT2D eigenvalue weighted by atomic mass is 32.1. The molecule has 17 heteroatoms. The van der Waals surface area contributed by atoms with E-state index in [2.05, 4.69) is 42.5 Å². The monoisotopic (exact) mass is 760 g/mol. The Labute approximate surface area is 313 Å². The zero-order valence-corrected chi connectivity index (χ0v) is 30.9. The standard InChI is InChI=1S/C37H42F2N10O4S/c1-45(23-13-17-47(18-14-23)25-5-3-6-26-30(25)46(2)37(53)49(26)27-11-12-28(50)42-34(27)52)20-21-7-9-22(10-8-21)35-43-29(31(38)39)36(54-35)44-33(51)24-19-41-48-16-4-15-40-32(24)48/h3-6,15-16,19,21-23,27,31H,7-14,17-18,20H2,1-2H3,(H,44,51)(H,42,50,52). The molecule has 284 valence electrons. The molecule has 2 aliphatic heterocycles. The number of nitrogens with one attached hydrogen (secondary N) is 2. The average Bonchev–Trinajstić information content (AvgIpc) is 3.87. The van der Waals surface area contributed by atoms with Crippen molar-refractivity contribution in [3.05, 3.63) is 69.6 Å². The number of halogens is 2. The molecule has 8 rings (SSSR count). The number of aryl methyl sites for hydroxylation is 1. The smallest absolute Gasteiger partial charge is 0.329 e. The van der Waals surface area contributed by atoms with E-state index in [1.54, 1.807) is 30.1 Å². The molecule has 2 N–H and O–H groups in total. The van der Waals surface area contributed by atoms with Gasteiger partial charge in [-0.1, -0.05) is 6.07 Å². The Kier molecular flexibility index (Phi) is 9.76. The van der Waals surface area contributed by atoms with Crippen LogP contribution in [-0.2, 0) is 16.6 Å². The summed E-state index contributed by atoms with van der Waals surface area (Å²) in [6.45, 7) is 2.59. The number of hydrogen-bond donors (Lipinski definition) is 2. The number of imide groups is 1. The molecule has 0 radical (unpaired) electrons. The maximum atomic E-state index is 14.1. The Morgan fingerprint density at radius 3 is 2.59 bits per heavy atom. The van der Waals surface area contributed by atoms with Crippen LogP contribution in [0.2, 0.25) is 0 Å². The molecule has 1 saturated carbocycles. The second-order valence-electron chi connectivity index (χ2n) is 14.7. The van der Waals surface area contributed by atoms with Crippen LogP contribution in [0.3, 0.4) is 0 Å². The molecule has 0 bridgehead atoms. The molecule has 4 aromatic heterocycles. The molecule has 1 unspecified atom stereocenters. The van der Waals surface area contributed by atoms with Crippen LogP contribution in [0, 0.1) is 5.92 Å². The second kappa shape index (κ2) is 14.7. The summed E-state index contributed by atoms with van der Waals surface area (Å²) in [4.78, 5) is 64.2. The Balaban J connectivity index is 0.868. The molecule has 54 heavy (non-hydrogen) atoms. The molecule has 2 saturated heterocycles. The van der Waals surface area contributed by atoms with E-state index in [-0.39, 0.29) is 34.5 Å². The lowest BCUT2D eigenvalue weighted by Gasteiger charge is -2.40. The number of para-hydroxylation sites is 1. The normalized spacial score (nSPS) is 21.4. The minimum absolute atomic E-state index is 0.0603. The van der Waals surface area contributed by atoms with Crippen molar-refractivity contribution in [3.63, 3.8) is 0 Å². The molecular weight excluding hydrogens is 719 g/mol. The maximum absolute atomic E-state index is 14.1. The molecule has 3 fully saturated rings. The van der Waals surface area contributed by atoms with Gasteiger partial charge in [0.05, 0.1) is 27.9 Å². The molecule has 1 aromatic carbocycles. The van der Waals surface area contributed by atoms with Crippen molar-refractivity contribution in [2.75, 3.05) is 36.9 Å². The zero-order chi connectivity index (χ0) is 37.7. The Hall–Kier alpha value is -5.03. The first-order chi connectivity index (χ1) is 26.1. The van der Waals surface area contributed by atoms with E-state index in [1.165, 1.54) is 15.3 Å². The summed E-state index contributed by atoms with van der Waals surface area (Å²) in [6.07, 6.45) is 7.79. The van der Waals surface area contributed by atoms with E-state index in [9.17, 15) is 28.0 Å². The van der Waals surface area contributed by atoms with Crippen molar-refractivity contribution in [2.45, 2.75) is 75.8 Å². The SMILES string of the molecule is CN(CC1CCC(c2nc(C(F)F)c(NC(=O)c3cnn4cccnc34)s2)CC1)C1CCN(c2cccc3c2n(C)c(=O)n3C2CCC(=O)NC2=O)CC1. The number of anilines is 2. The van der Waals surface area contributed by atoms with Crippen LogP contribution in [-0.4, -0.2) is 84.1 Å². The van der Waals surface area contributed by atoms with Gasteiger partial charge >= 0.3 is 5.69 Å². The third-order valence-corrected chi connectivity index (χ3v) is 12.6. The van der Waals surface area contributed by atoms with Crippen molar-refractivity contribution >= 4 is 56.4 Å². The topological polar surface area (TPSA) is 152 Å². The van der Waals surface area contributed by atoms with Gasteiger partial charge in [0.15, 0.2) is 5.65 Å². The van der Waals surface area contributed by atoms with E-state index in [0.29, 0.717) is 34.6 Å². The number of carbonyl (C=O) groups excluding carboxylic acids is 3. The van der Waals surface area contributed by atoms with Gasteiger partial charge < -0.3 is 15.1 Å². The average molecular weight is 761 g/mol. The molecule has 6 heterocycles. The van der Waals surface area contributed by atoms with Gasteiger partial charge in [-0.15, -0.1) is 11.3 Å². The lowest BCUT2D eigenvalue weighted by molar-refractivity contribution is -0.135. The molecule has 0 spiro atoms. The predicted molar refractivity (Wildman–Crippen MR) is 199 cm³/mol. The highest BCUT2D eigenvalue weighted by molar-refractivity contribution is 7.16. The highest BCUT2D eigenvalue weighted by Crippen LogP contribution is 2.42. The minimum Gasteiger partial charge on any atom is -0.370 e. The van der Waals surface area contributed by atoms with Crippen LogP contribution < -0.4 is 21.2 Å². The van der Waals surface area contributed by atoms with Gasteiger partial charge in [-0.25, -0.2) is 28.1 Å². The van der Waals surface area contributed by atoms with Crippen LogP contribution in [0.1, 0.15) is 90.8 Å². The van der Waals surface area contributed by atoms with E-state index in [4.69, 9.17) is 0 Å². The second-order valence-corrected chi connectivity index (χ2v) is 15.7. The molecule has 3 aliphatic rings. The minimum atomic E-state index is -2.82. The van der Waals surface area contributed by atoms with E-state index < -0.39 is 30.0 Å². The summed E-state index contributed by atoms with van der Waals surface area (Å²) in [5.74, 6) is -0.766. The van der Waals surface area contributed by atoms with Crippen LogP contribution >= 0.6 is 11.3 Å². The number of piperidine rings is 2. The first kappa shape index (κ1) is 36.0. The number of thiazole rings is 1. The van der Waals surface area contributed by atoms with Crippen molar-refractivity contribution in [3.8, 4) is 0 Å². The molecular formula is C37H42F2N10O4S. The Morgan fingerprint density at radius 1 is 1.07 bits per heavy atom. The number of carbonyl (C=O) groups is 3. The van der Waals surface area contributed by atoms with Crippen LogP contribution in [0.4, 0.5) is 19.5 Å². The summed E-state index contributed by atoms with van der Waals surface area (Å²) in [6, 6.07) is 7.18. The zero-order valence-electron chi connectivity index (χ0n) is 30.1. The van der Waals surface area contributed by atoms with Gasteiger partial charge in [0.2, 0.25) is 11.8 Å². The summed E-state index contributed by atoms with van der Waals surface area (Å²) in [5.41, 5.74) is 2.32. The van der Waals surface area contributed by atoms with Gasteiger partial charge in [-0.3, -0.25) is 28.8 Å². The maximum Gasteiger partial charge on any atom is 0.329 e. The van der Waals surface area contributed by atoms with E-state index in [0.717, 1.165) is 80.7 Å². The van der Waals surface area contributed by atoms with Gasteiger partial charge in [0.25, 0.3) is 12.3 Å². The van der Waals surface area contributed by atoms with Gasteiger partial charge in [-0.2, -0.15) is 5.10 Å². The highest BCUT2D eigenvalue weighted by Gasteiger charge is 2.34. The summed E-state index contributed by atoms with van der Waals surface area (Å²) >= 11 is 1.14. The van der Waals surface area contributed by atoms with Gasteiger partial charge in [0, 0.05) is 57.5 Å². The fourth-order valence-corrected chi connectivity index (χ4v) is 9.66. The fourth-order valence-electron chi connectivity index (χ4n) is 8.52. The summed E-state index contributed by atoms with van der Waals surface area (Å²) in [7, 11) is 3.92. The lowest BCUT2D eigenvalue weighted by atomic mass is 9.82. The van der Waals surface area contributed by atoms with Crippen molar-refractivity contribution in [2.24, 2.45) is 13.0 Å². The van der Waals surface area contributed by atoms with Crippen LogP contribution in [0.5, 0.6) is 0 Å². The predicted octanol–water partition coefficient (Wildman–Crippen LogP) is 4.88. The van der Waals surface area contributed by atoms with Crippen molar-refractivity contribution < 1.29 is 23.2 Å². The van der Waals surface area contributed by atoms with Crippen LogP contribution in [0.25, 0.3) is 16.7 Å². The number of imidazole rings is 1. The number of hydrogen-bond acceptors (Lipinski definition) is 10. The van der Waals surface area contributed by atoms with Gasteiger partial charge in [0.1, 0.15) is 22.3 Å². The summed E-state index contributed by atoms with van der Waals surface area (Å²) < 4.78 is 32.7. The summed E-state index contributed by atoms with van der Waals surface area (Å²) in [5, 5.41) is 9.86. The van der Waals surface area contributed by atoms with E-state index in [1.807, 2.05) is 18.2 Å². The third-order valence-electron chi connectivity index (χ3n) is 11.4. The number of alkyl halides is 2. The van der Waals surface area contributed by atoms with Crippen LogP contribution in [0.15, 0.2) is 47.7 Å². The first-order valence-electron chi connectivity index (χ1n) is 18.4. The number of aromatic nitrogens is 6. The molecule has 3 amide bonds. The number of nitrogens with zero attached hydrogens (tertiary/aromatic N) is 8.